The second-order valence-electron chi connectivity index (χ2n) is 7.80. The molecule has 0 atom stereocenters. The van der Waals surface area contributed by atoms with Crippen LogP contribution in [0, 0.1) is 27.3 Å². The maximum Gasteiger partial charge on any atom is 0.216 e. The highest BCUT2D eigenvalue weighted by molar-refractivity contribution is 6.15. The Morgan fingerprint density at radius 3 is 2.29 bits per heavy atom. The van der Waals surface area contributed by atoms with E-state index < -0.39 is 18.1 Å². The molecule has 5 rings (SSSR count). The van der Waals surface area contributed by atoms with Gasteiger partial charge in [0.2, 0.25) is 5.69 Å². The Morgan fingerprint density at radius 1 is 0.903 bits per heavy atom. The first-order valence-electron chi connectivity index (χ1n) is 12.5. The van der Waals surface area contributed by atoms with E-state index in [1.54, 1.807) is 12.1 Å². The van der Waals surface area contributed by atoms with Crippen molar-refractivity contribution in [2.45, 2.75) is 20.8 Å². The van der Waals surface area contributed by atoms with Gasteiger partial charge in [0.05, 0.1) is 19.0 Å². The highest BCUT2D eigenvalue weighted by atomic mass is 16.3. The Balaban J connectivity index is 1.98. The lowest BCUT2D eigenvalue weighted by atomic mass is 9.97. The molecule has 0 unspecified atom stereocenters. The van der Waals surface area contributed by atoms with E-state index in [4.69, 9.17) is 17.8 Å². The van der Waals surface area contributed by atoms with Crippen LogP contribution in [0.25, 0.3) is 49.2 Å². The zero-order valence-electron chi connectivity index (χ0n) is 22.8. The average Bonchev–Trinajstić information content (AvgIpc) is 3.22. The van der Waals surface area contributed by atoms with E-state index in [-0.39, 0.29) is 28.9 Å². The molecule has 0 saturated heterocycles. The summed E-state index contributed by atoms with van der Waals surface area (Å²) in [5.41, 5.74) is 6.40. The minimum absolute atomic E-state index is 0.0353. The number of fused-ring (bicyclic) bond motifs is 3. The van der Waals surface area contributed by atoms with Gasteiger partial charge in [0.25, 0.3) is 0 Å². The van der Waals surface area contributed by atoms with Gasteiger partial charge < -0.3 is 4.42 Å². The molecule has 2 heterocycles. The fourth-order valence-electron chi connectivity index (χ4n) is 4.23. The van der Waals surface area contributed by atoms with Gasteiger partial charge in [-0.05, 0) is 30.5 Å². The van der Waals surface area contributed by atoms with Crippen molar-refractivity contribution in [2.75, 3.05) is 0 Å². The number of hydrogen-bond donors (Lipinski definition) is 0. The minimum Gasteiger partial charge on any atom is -0.456 e. The molecule has 0 fully saturated rings. The summed E-state index contributed by atoms with van der Waals surface area (Å²) in [6.07, 6.45) is 0. The van der Waals surface area contributed by atoms with Crippen LogP contribution in [-0.4, -0.2) is 0 Å². The number of hydrogen-bond acceptors (Lipinski definition) is 1. The van der Waals surface area contributed by atoms with Crippen LogP contribution in [0.4, 0.5) is 5.69 Å². The van der Waals surface area contributed by atoms with Crippen molar-refractivity contribution in [3.05, 3.63) is 94.8 Å². The summed E-state index contributed by atoms with van der Waals surface area (Å²) >= 11 is 0. The van der Waals surface area contributed by atoms with Crippen LogP contribution in [0.2, 0.25) is 0 Å². The first kappa shape index (κ1) is 14.2. The number of aryl methyl sites for hydroxylation is 3. The van der Waals surface area contributed by atoms with Crippen molar-refractivity contribution in [3.8, 4) is 22.4 Å². The number of benzene rings is 3. The molecule has 31 heavy (non-hydrogen) atoms. The highest BCUT2D eigenvalue weighted by Crippen LogP contribution is 2.44. The van der Waals surface area contributed by atoms with Crippen molar-refractivity contribution in [3.63, 3.8) is 0 Å². The molecule has 0 aliphatic rings. The summed E-state index contributed by atoms with van der Waals surface area (Å²) in [5, 5.41) is 1.54. The summed E-state index contributed by atoms with van der Waals surface area (Å²) in [7, 11) is 2.00. The normalized spacial score (nSPS) is 13.5. The molecule has 3 aromatic carbocycles. The van der Waals surface area contributed by atoms with Crippen LogP contribution < -0.4 is 4.57 Å². The summed E-state index contributed by atoms with van der Waals surface area (Å²) in [4.78, 5) is 3.62. The fourth-order valence-corrected chi connectivity index (χ4v) is 4.23. The van der Waals surface area contributed by atoms with Crippen molar-refractivity contribution < 1.29 is 15.8 Å². The maximum atomic E-state index is 8.52. The molecule has 3 heteroatoms. The van der Waals surface area contributed by atoms with Crippen LogP contribution in [0.3, 0.4) is 0 Å². The topological polar surface area (TPSA) is 21.4 Å². The van der Waals surface area contributed by atoms with E-state index >= 15 is 0 Å². The van der Waals surface area contributed by atoms with Crippen molar-refractivity contribution in [1.29, 1.82) is 0 Å². The molecule has 5 aromatic rings. The standard InChI is InChI=1S/C28H23N2O/c1-17-15-19(3)30(5)24(16-17)25-18(2)11-12-21-22-13-14-23(29-4)26(28(22)31-27(21)25)20-9-7-6-8-10-20/h6-16H,1-3,5H3/q+1/i6D,7D,8D,9D,10D. The van der Waals surface area contributed by atoms with Gasteiger partial charge in [-0.1, -0.05) is 54.5 Å². The molecule has 0 N–H and O–H groups in total. The monoisotopic (exact) mass is 408 g/mol. The SMILES string of the molecule is [2H]c1c([2H])c([2H])c(-c2c([N+]#[C-])ccc3c2oc2c(-c4cc(C)cc(C)[n+]4C)c(C)ccc23)c([2H])c1[2H]. The Morgan fingerprint density at radius 2 is 1.58 bits per heavy atom. The van der Waals surface area contributed by atoms with Gasteiger partial charge in [-0.15, -0.1) is 0 Å². The van der Waals surface area contributed by atoms with Gasteiger partial charge in [0.15, 0.2) is 11.4 Å². The predicted octanol–water partition coefficient (Wildman–Crippen LogP) is 7.22. The quantitative estimate of drug-likeness (QED) is 0.223. The molecular weight excluding hydrogens is 380 g/mol. The van der Waals surface area contributed by atoms with E-state index in [0.717, 1.165) is 33.5 Å². The smallest absolute Gasteiger partial charge is 0.216 e. The van der Waals surface area contributed by atoms with Gasteiger partial charge in [-0.25, -0.2) is 4.85 Å². The molecule has 0 spiro atoms. The zero-order valence-corrected chi connectivity index (χ0v) is 17.8. The van der Waals surface area contributed by atoms with Crippen molar-refractivity contribution in [2.24, 2.45) is 7.05 Å². The largest absolute Gasteiger partial charge is 0.456 e. The Kier molecular flexibility index (Phi) is 3.25. The summed E-state index contributed by atoms with van der Waals surface area (Å²) in [5.74, 6) is 0. The average molecular weight is 409 g/mol. The lowest BCUT2D eigenvalue weighted by molar-refractivity contribution is -0.666. The molecule has 0 amide bonds. The number of nitrogens with zero attached hydrogens (tertiary/aromatic N) is 2. The van der Waals surface area contributed by atoms with Crippen molar-refractivity contribution in [1.82, 2.24) is 0 Å². The van der Waals surface area contributed by atoms with Crippen molar-refractivity contribution >= 4 is 27.6 Å². The molecule has 2 aromatic heterocycles. The summed E-state index contributed by atoms with van der Waals surface area (Å²) < 4.78 is 49.9. The Hall–Kier alpha value is -3.90. The van der Waals surface area contributed by atoms with E-state index in [9.17, 15) is 0 Å². The second kappa shape index (κ2) is 7.11. The lowest BCUT2D eigenvalue weighted by Crippen LogP contribution is -2.35. The third-order valence-electron chi connectivity index (χ3n) is 5.81. The Bertz CT molecular complexity index is 1770. The second-order valence-corrected chi connectivity index (χ2v) is 7.80. The van der Waals surface area contributed by atoms with E-state index in [1.165, 1.54) is 0 Å². The lowest BCUT2D eigenvalue weighted by Gasteiger charge is -2.08. The van der Waals surface area contributed by atoms with E-state index in [1.807, 2.05) is 40.0 Å². The minimum atomic E-state index is -0.477. The van der Waals surface area contributed by atoms with Gasteiger partial charge in [-0.3, -0.25) is 0 Å². The van der Waals surface area contributed by atoms with Crippen LogP contribution in [-0.2, 0) is 7.05 Å². The van der Waals surface area contributed by atoms with Crippen LogP contribution in [0.15, 0.2) is 71.0 Å². The van der Waals surface area contributed by atoms with Gasteiger partial charge in [0, 0.05) is 35.4 Å². The van der Waals surface area contributed by atoms with Crippen LogP contribution >= 0.6 is 0 Å². The van der Waals surface area contributed by atoms with Gasteiger partial charge in [-0.2, -0.15) is 4.57 Å². The van der Waals surface area contributed by atoms with Crippen LogP contribution in [0.1, 0.15) is 23.7 Å². The molecule has 0 saturated carbocycles. The first-order valence-corrected chi connectivity index (χ1v) is 9.98. The molecular formula is C28H23N2O+. The third kappa shape index (κ3) is 2.92. The van der Waals surface area contributed by atoms with Gasteiger partial charge >= 0.3 is 0 Å². The third-order valence-corrected chi connectivity index (χ3v) is 5.81. The predicted molar refractivity (Wildman–Crippen MR) is 126 cm³/mol. The summed E-state index contributed by atoms with van der Waals surface area (Å²) in [6, 6.07) is 9.51. The fraction of sp³-hybridized carbons (Fsp3) is 0.143. The number of aromatic nitrogens is 1. The molecule has 0 bridgehead atoms. The highest BCUT2D eigenvalue weighted by Gasteiger charge is 2.24. The van der Waals surface area contributed by atoms with Gasteiger partial charge in [0.1, 0.15) is 18.2 Å². The Labute approximate surface area is 189 Å². The molecule has 150 valence electrons. The van der Waals surface area contributed by atoms with E-state index in [2.05, 4.69) is 21.5 Å². The van der Waals surface area contributed by atoms with E-state index in [0.29, 0.717) is 16.6 Å². The summed E-state index contributed by atoms with van der Waals surface area (Å²) in [6.45, 7) is 13.9. The molecule has 0 aliphatic carbocycles. The van der Waals surface area contributed by atoms with Crippen LogP contribution in [0.5, 0.6) is 0 Å². The number of furan rings is 1. The number of pyridine rings is 1. The molecule has 0 aliphatic heterocycles. The zero-order chi connectivity index (χ0) is 26.0. The number of rotatable bonds is 2. The first-order chi connectivity index (χ1) is 17.1. The molecule has 3 nitrogen and oxygen atoms in total. The molecule has 0 radical (unpaired) electrons. The maximum absolute atomic E-state index is 8.52.